The summed E-state index contributed by atoms with van der Waals surface area (Å²) in [4.78, 5) is 41.3. The lowest BCUT2D eigenvalue weighted by molar-refractivity contribution is -0.143. The second-order valence-electron chi connectivity index (χ2n) is 9.83. The Morgan fingerprint density at radius 1 is 1.26 bits per heavy atom. The zero-order valence-electron chi connectivity index (χ0n) is 21.0. The standard InChI is InChI=1S/C26H39N3O4S/c1-7-10-17(3)27-23(30)22(19-12-9-11-18(8-2)15-19)29(20-13-14-20)24(31)21(16-34)28-25(32)33-26(4,5)6/h8-9,11-12,15,17,20-22,34H,2,7,10,13-14,16H2,1,3-6H3,(H,27,30)(H,28,32). The van der Waals surface area contributed by atoms with Gasteiger partial charge in [-0.3, -0.25) is 9.59 Å². The predicted molar refractivity (Wildman–Crippen MR) is 139 cm³/mol. The van der Waals surface area contributed by atoms with Gasteiger partial charge in [0.05, 0.1) is 0 Å². The van der Waals surface area contributed by atoms with Gasteiger partial charge in [0.1, 0.15) is 17.7 Å². The fourth-order valence-corrected chi connectivity index (χ4v) is 4.05. The van der Waals surface area contributed by atoms with Crippen LogP contribution in [0.1, 0.15) is 77.5 Å². The normalized spacial score (nSPS) is 16.1. The van der Waals surface area contributed by atoms with Crippen LogP contribution in [-0.2, 0) is 14.3 Å². The van der Waals surface area contributed by atoms with E-state index in [0.717, 1.165) is 31.2 Å². The van der Waals surface area contributed by atoms with Gasteiger partial charge in [0.25, 0.3) is 0 Å². The van der Waals surface area contributed by atoms with E-state index in [1.807, 2.05) is 31.2 Å². The van der Waals surface area contributed by atoms with E-state index in [0.29, 0.717) is 5.56 Å². The van der Waals surface area contributed by atoms with Crippen LogP contribution >= 0.6 is 12.6 Å². The molecule has 7 nitrogen and oxygen atoms in total. The molecule has 34 heavy (non-hydrogen) atoms. The highest BCUT2D eigenvalue weighted by Gasteiger charge is 2.44. The van der Waals surface area contributed by atoms with Crippen molar-refractivity contribution >= 4 is 36.6 Å². The second kappa shape index (κ2) is 12.3. The van der Waals surface area contributed by atoms with E-state index in [1.54, 1.807) is 31.7 Å². The summed E-state index contributed by atoms with van der Waals surface area (Å²) in [5.74, 6) is -0.512. The van der Waals surface area contributed by atoms with E-state index in [4.69, 9.17) is 4.74 Å². The molecule has 0 radical (unpaired) electrons. The molecule has 1 aromatic carbocycles. The number of nitrogens with zero attached hydrogens (tertiary/aromatic N) is 1. The van der Waals surface area contributed by atoms with Crippen molar-refractivity contribution in [1.29, 1.82) is 0 Å². The van der Waals surface area contributed by atoms with Crippen molar-refractivity contribution in [2.45, 2.75) is 90.1 Å². The van der Waals surface area contributed by atoms with Crippen molar-refractivity contribution < 1.29 is 19.1 Å². The molecule has 0 spiro atoms. The summed E-state index contributed by atoms with van der Waals surface area (Å²) in [6, 6.07) is 5.61. The minimum absolute atomic E-state index is 0.0284. The third-order valence-electron chi connectivity index (χ3n) is 5.47. The molecule has 1 aliphatic carbocycles. The first-order valence-corrected chi connectivity index (χ1v) is 12.6. The van der Waals surface area contributed by atoms with Crippen LogP contribution in [0.3, 0.4) is 0 Å². The predicted octanol–water partition coefficient (Wildman–Crippen LogP) is 4.49. The molecule has 8 heteroatoms. The average Bonchev–Trinajstić information content (AvgIpc) is 3.59. The molecule has 0 aliphatic heterocycles. The van der Waals surface area contributed by atoms with E-state index >= 15 is 0 Å². The molecule has 1 saturated carbocycles. The Labute approximate surface area is 209 Å². The van der Waals surface area contributed by atoms with Gasteiger partial charge >= 0.3 is 6.09 Å². The lowest BCUT2D eigenvalue weighted by atomic mass is 9.99. The third-order valence-corrected chi connectivity index (χ3v) is 5.83. The summed E-state index contributed by atoms with van der Waals surface area (Å²) in [5.41, 5.74) is 0.861. The number of rotatable bonds is 11. The number of alkyl carbamates (subject to hydrolysis) is 1. The summed E-state index contributed by atoms with van der Waals surface area (Å²) in [6.45, 7) is 13.1. The molecule has 0 heterocycles. The summed E-state index contributed by atoms with van der Waals surface area (Å²) >= 11 is 4.32. The van der Waals surface area contributed by atoms with Gasteiger partial charge in [-0.2, -0.15) is 12.6 Å². The quantitative estimate of drug-likeness (QED) is 0.400. The maximum Gasteiger partial charge on any atom is 0.408 e. The van der Waals surface area contributed by atoms with E-state index in [2.05, 4.69) is 36.8 Å². The van der Waals surface area contributed by atoms with Crippen molar-refractivity contribution in [3.05, 3.63) is 42.0 Å². The molecule has 1 aliphatic rings. The van der Waals surface area contributed by atoms with Crippen LogP contribution in [0.5, 0.6) is 0 Å². The molecule has 1 fully saturated rings. The van der Waals surface area contributed by atoms with E-state index in [1.165, 1.54) is 0 Å². The zero-order chi connectivity index (χ0) is 25.5. The maximum atomic E-state index is 13.7. The Morgan fingerprint density at radius 2 is 1.94 bits per heavy atom. The van der Waals surface area contributed by atoms with Crippen LogP contribution in [-0.4, -0.2) is 52.3 Å². The minimum Gasteiger partial charge on any atom is -0.444 e. The van der Waals surface area contributed by atoms with Crippen molar-refractivity contribution in [2.24, 2.45) is 0 Å². The Balaban J connectivity index is 2.40. The highest BCUT2D eigenvalue weighted by atomic mass is 32.1. The number of benzene rings is 1. The van der Waals surface area contributed by atoms with Crippen LogP contribution < -0.4 is 10.6 Å². The highest BCUT2D eigenvalue weighted by molar-refractivity contribution is 7.80. The van der Waals surface area contributed by atoms with Gasteiger partial charge in [0, 0.05) is 17.8 Å². The number of nitrogens with one attached hydrogen (secondary N) is 2. The number of hydrogen-bond donors (Lipinski definition) is 3. The van der Waals surface area contributed by atoms with Crippen molar-refractivity contribution in [2.75, 3.05) is 5.75 Å². The first-order valence-electron chi connectivity index (χ1n) is 12.0. The number of hydrogen-bond acceptors (Lipinski definition) is 5. The number of carbonyl (C=O) groups excluding carboxylic acids is 3. The van der Waals surface area contributed by atoms with Crippen molar-refractivity contribution in [1.82, 2.24) is 15.5 Å². The van der Waals surface area contributed by atoms with Gasteiger partial charge in [-0.05, 0) is 64.2 Å². The number of thiol groups is 1. The molecule has 1 aromatic rings. The number of amides is 3. The smallest absolute Gasteiger partial charge is 0.408 e. The monoisotopic (exact) mass is 489 g/mol. The Kier molecular flexibility index (Phi) is 10.0. The molecule has 2 rings (SSSR count). The van der Waals surface area contributed by atoms with Gasteiger partial charge < -0.3 is 20.3 Å². The average molecular weight is 490 g/mol. The second-order valence-corrected chi connectivity index (χ2v) is 10.2. The third kappa shape index (κ3) is 8.08. The lowest BCUT2D eigenvalue weighted by Gasteiger charge is -2.35. The van der Waals surface area contributed by atoms with Crippen LogP contribution in [0.15, 0.2) is 30.8 Å². The zero-order valence-corrected chi connectivity index (χ0v) is 21.9. The number of carbonyl (C=O) groups is 3. The van der Waals surface area contributed by atoms with Crippen molar-refractivity contribution in [3.8, 4) is 0 Å². The van der Waals surface area contributed by atoms with E-state index in [-0.39, 0.29) is 29.7 Å². The highest BCUT2D eigenvalue weighted by Crippen LogP contribution is 2.36. The van der Waals surface area contributed by atoms with E-state index < -0.39 is 23.8 Å². The van der Waals surface area contributed by atoms with E-state index in [9.17, 15) is 14.4 Å². The SMILES string of the molecule is C=Cc1cccc(C(C(=O)NC(C)CCC)N(C(=O)C(CS)NC(=O)OC(C)(C)C)C2CC2)c1. The number of ether oxygens (including phenoxy) is 1. The van der Waals surface area contributed by atoms with Gasteiger partial charge in [-0.1, -0.05) is 44.2 Å². The molecule has 3 amide bonds. The molecule has 0 saturated heterocycles. The molecule has 2 N–H and O–H groups in total. The Hall–Kier alpha value is -2.48. The molecular weight excluding hydrogens is 450 g/mol. The Morgan fingerprint density at radius 3 is 2.47 bits per heavy atom. The van der Waals surface area contributed by atoms with Gasteiger partial charge in [-0.25, -0.2) is 4.79 Å². The summed E-state index contributed by atoms with van der Waals surface area (Å²) in [6.07, 6.45) is 4.39. The van der Waals surface area contributed by atoms with Crippen LogP contribution in [0.25, 0.3) is 6.08 Å². The summed E-state index contributed by atoms with van der Waals surface area (Å²) in [7, 11) is 0. The minimum atomic E-state index is -0.926. The summed E-state index contributed by atoms with van der Waals surface area (Å²) in [5, 5.41) is 5.71. The van der Waals surface area contributed by atoms with Crippen LogP contribution in [0.2, 0.25) is 0 Å². The fourth-order valence-electron chi connectivity index (χ4n) is 3.81. The fraction of sp³-hybridized carbons (Fsp3) is 0.577. The van der Waals surface area contributed by atoms with Crippen LogP contribution in [0, 0.1) is 0 Å². The molecule has 3 atom stereocenters. The summed E-state index contributed by atoms with van der Waals surface area (Å²) < 4.78 is 5.33. The molecule has 0 aromatic heterocycles. The molecular formula is C26H39N3O4S. The lowest BCUT2D eigenvalue weighted by Crippen LogP contribution is -2.55. The largest absolute Gasteiger partial charge is 0.444 e. The van der Waals surface area contributed by atoms with Gasteiger partial charge in [0.2, 0.25) is 11.8 Å². The van der Waals surface area contributed by atoms with Gasteiger partial charge in [0.15, 0.2) is 0 Å². The topological polar surface area (TPSA) is 87.7 Å². The molecule has 0 bridgehead atoms. The van der Waals surface area contributed by atoms with Crippen LogP contribution in [0.4, 0.5) is 4.79 Å². The molecule has 3 unspecified atom stereocenters. The first kappa shape index (κ1) is 27.8. The van der Waals surface area contributed by atoms with Crippen molar-refractivity contribution in [3.63, 3.8) is 0 Å². The first-order chi connectivity index (χ1) is 16.0. The maximum absolute atomic E-state index is 13.7. The molecule has 188 valence electrons. The Bertz CT molecular complexity index is 879. The van der Waals surface area contributed by atoms with Gasteiger partial charge in [-0.15, -0.1) is 0 Å².